The summed E-state index contributed by atoms with van der Waals surface area (Å²) in [4.78, 5) is 29.2. The van der Waals surface area contributed by atoms with Crippen molar-refractivity contribution in [3.05, 3.63) is 88.9 Å². The Kier molecular flexibility index (Phi) is 10.7. The molecular weight excluding hydrogens is 578 g/mol. The van der Waals surface area contributed by atoms with E-state index in [4.69, 9.17) is 21.1 Å². The number of hydrogen-bond donors (Lipinski definition) is 1. The number of hydrogen-bond acceptors (Lipinski definition) is 6. The van der Waals surface area contributed by atoms with Gasteiger partial charge in [-0.25, -0.2) is 8.42 Å². The first kappa shape index (κ1) is 31.2. The van der Waals surface area contributed by atoms with E-state index < -0.39 is 28.5 Å². The van der Waals surface area contributed by atoms with Gasteiger partial charge in [0.05, 0.1) is 11.9 Å². The van der Waals surface area contributed by atoms with Crippen LogP contribution in [0.4, 0.5) is 5.69 Å². The number of unbranched alkanes of at least 4 members (excludes halogenated alkanes) is 1. The topological polar surface area (TPSA) is 105 Å². The van der Waals surface area contributed by atoms with Gasteiger partial charge in [0.25, 0.3) is 0 Å². The molecule has 2 amide bonds. The van der Waals surface area contributed by atoms with E-state index in [1.165, 1.54) is 4.90 Å². The molecule has 11 heteroatoms. The Hall–Kier alpha value is -3.76. The zero-order valence-electron chi connectivity index (χ0n) is 23.8. The molecule has 4 rings (SSSR count). The van der Waals surface area contributed by atoms with Crippen LogP contribution in [-0.4, -0.2) is 63.7 Å². The molecule has 0 aliphatic carbocycles. The molecule has 0 bridgehead atoms. The van der Waals surface area contributed by atoms with E-state index in [0.717, 1.165) is 34.5 Å². The van der Waals surface area contributed by atoms with Crippen molar-refractivity contribution in [3.8, 4) is 11.5 Å². The third-order valence-electron chi connectivity index (χ3n) is 6.86. The lowest BCUT2D eigenvalue weighted by atomic mass is 10.0. The Morgan fingerprint density at radius 3 is 2.31 bits per heavy atom. The van der Waals surface area contributed by atoms with Gasteiger partial charge in [-0.3, -0.25) is 13.9 Å². The van der Waals surface area contributed by atoms with Gasteiger partial charge in [-0.1, -0.05) is 67.4 Å². The number of sulfonamides is 1. The molecule has 1 aliphatic heterocycles. The van der Waals surface area contributed by atoms with Gasteiger partial charge in [0.2, 0.25) is 21.8 Å². The van der Waals surface area contributed by atoms with Crippen molar-refractivity contribution in [2.45, 2.75) is 38.8 Å². The van der Waals surface area contributed by atoms with Gasteiger partial charge < -0.3 is 19.7 Å². The molecule has 0 spiro atoms. The summed E-state index contributed by atoms with van der Waals surface area (Å²) in [6.07, 6.45) is 2.98. The number of carbonyl (C=O) groups excluding carboxylic acids is 2. The molecule has 0 radical (unpaired) electrons. The second-order valence-corrected chi connectivity index (χ2v) is 12.4. The first-order valence-electron chi connectivity index (χ1n) is 13.9. The number of halogens is 1. The van der Waals surface area contributed by atoms with E-state index in [-0.39, 0.29) is 24.6 Å². The molecule has 42 heavy (non-hydrogen) atoms. The van der Waals surface area contributed by atoms with Crippen LogP contribution >= 0.6 is 11.6 Å². The van der Waals surface area contributed by atoms with Gasteiger partial charge in [-0.15, -0.1) is 0 Å². The van der Waals surface area contributed by atoms with Gasteiger partial charge >= 0.3 is 0 Å². The number of rotatable bonds is 13. The molecule has 1 atom stereocenters. The standard InChI is InChI=1S/C31H36ClN3O6S/c1-3-4-16-33-31(37)27(19-23-8-6-5-7-9-23)34(21-24-10-12-25(32)13-11-24)30(36)22-35(42(2,38)39)26-14-15-28-29(20-26)41-18-17-40-28/h5-15,20,27H,3-4,16-19,21-22H2,1-2H3,(H,33,37). The summed E-state index contributed by atoms with van der Waals surface area (Å²) < 4.78 is 38.3. The minimum atomic E-state index is -3.90. The van der Waals surface area contributed by atoms with Crippen LogP contribution in [0.2, 0.25) is 5.02 Å². The fraction of sp³-hybridized carbons (Fsp3) is 0.355. The summed E-state index contributed by atoms with van der Waals surface area (Å²) in [5.74, 6) is 0.0626. The van der Waals surface area contributed by atoms with E-state index in [9.17, 15) is 18.0 Å². The van der Waals surface area contributed by atoms with Gasteiger partial charge in [-0.2, -0.15) is 0 Å². The van der Waals surface area contributed by atoms with E-state index in [1.54, 1.807) is 42.5 Å². The lowest BCUT2D eigenvalue weighted by Crippen LogP contribution is -2.53. The molecule has 224 valence electrons. The molecule has 1 heterocycles. The third kappa shape index (κ3) is 8.39. The Balaban J connectivity index is 1.70. The molecular formula is C31H36ClN3O6S. The molecule has 0 saturated heterocycles. The summed E-state index contributed by atoms with van der Waals surface area (Å²) in [5.41, 5.74) is 1.87. The summed E-state index contributed by atoms with van der Waals surface area (Å²) in [6.45, 7) is 2.78. The maximum Gasteiger partial charge on any atom is 0.244 e. The van der Waals surface area contributed by atoms with E-state index >= 15 is 0 Å². The van der Waals surface area contributed by atoms with Gasteiger partial charge in [0, 0.05) is 30.6 Å². The summed E-state index contributed by atoms with van der Waals surface area (Å²) >= 11 is 6.10. The Morgan fingerprint density at radius 1 is 0.952 bits per heavy atom. The van der Waals surface area contributed by atoms with Crippen LogP contribution in [0, 0.1) is 0 Å². The molecule has 1 N–H and O–H groups in total. The molecule has 9 nitrogen and oxygen atoms in total. The number of ether oxygens (including phenoxy) is 2. The maximum atomic E-state index is 14.2. The normalized spacial score (nSPS) is 13.2. The van der Waals surface area contributed by atoms with E-state index in [2.05, 4.69) is 5.32 Å². The molecule has 1 aliphatic rings. The summed E-state index contributed by atoms with van der Waals surface area (Å²) in [6, 6.07) is 20.3. The highest BCUT2D eigenvalue weighted by molar-refractivity contribution is 7.92. The van der Waals surface area contributed by atoms with Crippen molar-refractivity contribution < 1.29 is 27.5 Å². The predicted molar refractivity (Wildman–Crippen MR) is 163 cm³/mol. The Labute approximate surface area is 252 Å². The van der Waals surface area contributed by atoms with Crippen molar-refractivity contribution >= 4 is 39.1 Å². The zero-order chi connectivity index (χ0) is 30.1. The lowest BCUT2D eigenvalue weighted by molar-refractivity contribution is -0.140. The third-order valence-corrected chi connectivity index (χ3v) is 8.25. The predicted octanol–water partition coefficient (Wildman–Crippen LogP) is 4.43. The Bertz CT molecular complexity index is 1470. The molecule has 0 saturated carbocycles. The number of anilines is 1. The molecule has 0 fully saturated rings. The highest BCUT2D eigenvalue weighted by Gasteiger charge is 2.33. The van der Waals surface area contributed by atoms with Crippen molar-refractivity contribution in [3.63, 3.8) is 0 Å². The fourth-order valence-electron chi connectivity index (χ4n) is 4.65. The van der Waals surface area contributed by atoms with Crippen LogP contribution < -0.4 is 19.1 Å². The maximum absolute atomic E-state index is 14.2. The van der Waals surface area contributed by atoms with Crippen molar-refractivity contribution in [2.24, 2.45) is 0 Å². The van der Waals surface area contributed by atoms with Crippen LogP contribution in [0.25, 0.3) is 0 Å². The van der Waals surface area contributed by atoms with Crippen LogP contribution in [0.15, 0.2) is 72.8 Å². The van der Waals surface area contributed by atoms with E-state index in [0.29, 0.717) is 36.3 Å². The van der Waals surface area contributed by atoms with Crippen LogP contribution in [0.5, 0.6) is 11.5 Å². The van der Waals surface area contributed by atoms with Gasteiger partial charge in [0.1, 0.15) is 25.8 Å². The minimum absolute atomic E-state index is 0.0768. The number of amides is 2. The number of nitrogens with zero attached hydrogens (tertiary/aromatic N) is 2. The molecule has 1 unspecified atom stereocenters. The molecule has 3 aromatic rings. The Morgan fingerprint density at radius 2 is 1.64 bits per heavy atom. The van der Waals surface area contributed by atoms with Crippen molar-refractivity contribution in [2.75, 3.05) is 36.9 Å². The zero-order valence-corrected chi connectivity index (χ0v) is 25.4. The second kappa shape index (κ2) is 14.4. The highest BCUT2D eigenvalue weighted by atomic mass is 35.5. The smallest absolute Gasteiger partial charge is 0.244 e. The summed E-state index contributed by atoms with van der Waals surface area (Å²) in [5, 5.41) is 3.51. The average Bonchev–Trinajstić information content (AvgIpc) is 2.98. The summed E-state index contributed by atoms with van der Waals surface area (Å²) in [7, 11) is -3.90. The number of fused-ring (bicyclic) bond motifs is 1. The number of nitrogens with one attached hydrogen (secondary N) is 1. The fourth-order valence-corrected chi connectivity index (χ4v) is 5.61. The number of benzene rings is 3. The minimum Gasteiger partial charge on any atom is -0.486 e. The SMILES string of the molecule is CCCCNC(=O)C(Cc1ccccc1)N(Cc1ccc(Cl)cc1)C(=O)CN(c1ccc2c(c1)OCCO2)S(C)(=O)=O. The van der Waals surface area contributed by atoms with Crippen LogP contribution in [-0.2, 0) is 32.6 Å². The van der Waals surface area contributed by atoms with Crippen LogP contribution in [0.1, 0.15) is 30.9 Å². The second-order valence-electron chi connectivity index (χ2n) is 10.1. The van der Waals surface area contributed by atoms with Crippen molar-refractivity contribution in [1.29, 1.82) is 0 Å². The van der Waals surface area contributed by atoms with Crippen molar-refractivity contribution in [1.82, 2.24) is 10.2 Å². The lowest BCUT2D eigenvalue weighted by Gasteiger charge is -2.33. The average molecular weight is 614 g/mol. The van der Waals surface area contributed by atoms with Crippen LogP contribution in [0.3, 0.4) is 0 Å². The van der Waals surface area contributed by atoms with Gasteiger partial charge in [0.15, 0.2) is 11.5 Å². The van der Waals surface area contributed by atoms with E-state index in [1.807, 2.05) is 37.3 Å². The molecule has 3 aromatic carbocycles. The molecule has 0 aromatic heterocycles. The first-order valence-corrected chi connectivity index (χ1v) is 16.1. The first-order chi connectivity index (χ1) is 20.2. The monoisotopic (exact) mass is 613 g/mol. The van der Waals surface area contributed by atoms with Gasteiger partial charge in [-0.05, 0) is 41.8 Å². The largest absolute Gasteiger partial charge is 0.486 e. The quantitative estimate of drug-likeness (QED) is 0.286. The highest BCUT2D eigenvalue weighted by Crippen LogP contribution is 2.34. The number of carbonyl (C=O) groups is 2.